The Bertz CT molecular complexity index is 369. The summed E-state index contributed by atoms with van der Waals surface area (Å²) in [5.41, 5.74) is 2.94. The van der Waals surface area contributed by atoms with Crippen LogP contribution in [0.2, 0.25) is 0 Å². The van der Waals surface area contributed by atoms with E-state index in [0.717, 1.165) is 42.8 Å². The number of nitrogens with zero attached hydrogens (tertiary/aromatic N) is 2. The van der Waals surface area contributed by atoms with Crippen LogP contribution >= 0.6 is 0 Å². The number of carboxylic acids is 1. The lowest BCUT2D eigenvalue weighted by Crippen LogP contribution is -2.07. The Kier molecular flexibility index (Phi) is 4.52. The second-order valence-corrected chi connectivity index (χ2v) is 3.87. The molecule has 0 saturated carbocycles. The molecule has 0 aliphatic heterocycles. The van der Waals surface area contributed by atoms with Gasteiger partial charge in [0.1, 0.15) is 0 Å². The second-order valence-electron chi connectivity index (χ2n) is 3.87. The molecule has 16 heavy (non-hydrogen) atoms. The van der Waals surface area contributed by atoms with Crippen LogP contribution in [0.15, 0.2) is 0 Å². The van der Waals surface area contributed by atoms with Crippen LogP contribution in [0, 0.1) is 0 Å². The fourth-order valence-corrected chi connectivity index (χ4v) is 2.02. The third-order valence-electron chi connectivity index (χ3n) is 2.68. The van der Waals surface area contributed by atoms with E-state index in [2.05, 4.69) is 12.0 Å². The van der Waals surface area contributed by atoms with Crippen LogP contribution in [0.1, 0.15) is 44.1 Å². The smallest absolute Gasteiger partial charge is 0.307 e. The van der Waals surface area contributed by atoms with Gasteiger partial charge in [-0.2, -0.15) is 5.10 Å². The summed E-state index contributed by atoms with van der Waals surface area (Å²) in [6, 6.07) is 0. The molecule has 1 N–H and O–H groups in total. The summed E-state index contributed by atoms with van der Waals surface area (Å²) in [4.78, 5) is 10.8. The van der Waals surface area contributed by atoms with Crippen molar-refractivity contribution >= 4 is 5.97 Å². The number of aryl methyl sites for hydroxylation is 2. The molecule has 0 radical (unpaired) electrons. The molecule has 0 bridgehead atoms. The lowest BCUT2D eigenvalue weighted by molar-refractivity contribution is -0.136. The summed E-state index contributed by atoms with van der Waals surface area (Å²) in [5.74, 6) is -0.777. The number of aliphatic carboxylic acids is 1. The fourth-order valence-electron chi connectivity index (χ4n) is 2.02. The molecule has 0 saturated heterocycles. The minimum Gasteiger partial charge on any atom is -0.481 e. The Hall–Kier alpha value is -1.32. The third kappa shape index (κ3) is 2.62. The van der Waals surface area contributed by atoms with Gasteiger partial charge in [0.15, 0.2) is 0 Å². The average Bonchev–Trinajstić information content (AvgIpc) is 2.55. The van der Waals surface area contributed by atoms with Gasteiger partial charge in [-0.25, -0.2) is 0 Å². The summed E-state index contributed by atoms with van der Waals surface area (Å²) in [6.07, 6.45) is 2.75. The topological polar surface area (TPSA) is 55.1 Å². The summed E-state index contributed by atoms with van der Waals surface area (Å²) in [5, 5.41) is 13.4. The van der Waals surface area contributed by atoms with Gasteiger partial charge in [-0.05, 0) is 19.3 Å². The van der Waals surface area contributed by atoms with Crippen molar-refractivity contribution in [1.29, 1.82) is 0 Å². The van der Waals surface area contributed by atoms with E-state index in [1.165, 1.54) is 0 Å². The number of rotatable bonds is 6. The van der Waals surface area contributed by atoms with Gasteiger partial charge in [0.2, 0.25) is 0 Å². The summed E-state index contributed by atoms with van der Waals surface area (Å²) < 4.78 is 1.97. The number of hydrogen-bond acceptors (Lipinski definition) is 2. The number of hydrogen-bond donors (Lipinski definition) is 1. The van der Waals surface area contributed by atoms with E-state index in [9.17, 15) is 4.79 Å². The lowest BCUT2D eigenvalue weighted by atomic mass is 10.1. The van der Waals surface area contributed by atoms with Crippen molar-refractivity contribution in [2.75, 3.05) is 0 Å². The van der Waals surface area contributed by atoms with Crippen LogP contribution in [0.25, 0.3) is 0 Å². The molecule has 0 atom stereocenters. The molecule has 1 rings (SSSR count). The van der Waals surface area contributed by atoms with Crippen LogP contribution in [-0.4, -0.2) is 20.9 Å². The molecule has 4 nitrogen and oxygen atoms in total. The summed E-state index contributed by atoms with van der Waals surface area (Å²) >= 11 is 0. The minimum absolute atomic E-state index is 0.0933. The third-order valence-corrected chi connectivity index (χ3v) is 2.68. The fraction of sp³-hybridized carbons (Fsp3) is 0.667. The zero-order valence-electron chi connectivity index (χ0n) is 10.3. The van der Waals surface area contributed by atoms with E-state index < -0.39 is 5.97 Å². The highest BCUT2D eigenvalue weighted by molar-refractivity contribution is 5.71. The van der Waals surface area contributed by atoms with Crippen LogP contribution in [-0.2, 0) is 30.6 Å². The monoisotopic (exact) mass is 224 g/mol. The number of carbonyl (C=O) groups is 1. The predicted octanol–water partition coefficient (Wildman–Crippen LogP) is 2.04. The van der Waals surface area contributed by atoms with Gasteiger partial charge in [0.05, 0.1) is 12.1 Å². The molecule has 1 aromatic heterocycles. The first-order valence-electron chi connectivity index (χ1n) is 5.93. The van der Waals surface area contributed by atoms with Crippen molar-refractivity contribution in [3.8, 4) is 0 Å². The van der Waals surface area contributed by atoms with Crippen molar-refractivity contribution in [3.63, 3.8) is 0 Å². The molecule has 0 aromatic carbocycles. The maximum absolute atomic E-state index is 10.8. The zero-order valence-corrected chi connectivity index (χ0v) is 10.3. The van der Waals surface area contributed by atoms with Crippen molar-refractivity contribution in [1.82, 2.24) is 9.78 Å². The zero-order chi connectivity index (χ0) is 12.1. The average molecular weight is 224 g/mol. The van der Waals surface area contributed by atoms with Gasteiger partial charge < -0.3 is 5.11 Å². The molecule has 90 valence electrons. The van der Waals surface area contributed by atoms with Gasteiger partial charge >= 0.3 is 5.97 Å². The standard InChI is InChI=1S/C12H20N2O2/c1-4-7-14-11(6-3)9(8-12(15)16)10(5-2)13-14/h4-8H2,1-3H3,(H,15,16). The molecule has 1 aromatic rings. The van der Waals surface area contributed by atoms with E-state index in [1.807, 2.05) is 18.5 Å². The lowest BCUT2D eigenvalue weighted by Gasteiger charge is -2.05. The maximum Gasteiger partial charge on any atom is 0.307 e. The van der Waals surface area contributed by atoms with E-state index >= 15 is 0 Å². The minimum atomic E-state index is -0.777. The first kappa shape index (κ1) is 12.7. The highest BCUT2D eigenvalue weighted by atomic mass is 16.4. The van der Waals surface area contributed by atoms with Gasteiger partial charge in [0.25, 0.3) is 0 Å². The Morgan fingerprint density at radius 2 is 2.00 bits per heavy atom. The van der Waals surface area contributed by atoms with E-state index in [4.69, 9.17) is 5.11 Å². The molecule has 0 aliphatic carbocycles. The number of aromatic nitrogens is 2. The molecule has 0 fully saturated rings. The van der Waals surface area contributed by atoms with Crippen molar-refractivity contribution in [3.05, 3.63) is 17.0 Å². The van der Waals surface area contributed by atoms with Crippen molar-refractivity contribution in [2.45, 2.75) is 53.0 Å². The SMILES string of the molecule is CCCn1nc(CC)c(CC(=O)O)c1CC. The number of carboxylic acid groups (broad SMARTS) is 1. The summed E-state index contributed by atoms with van der Waals surface area (Å²) in [7, 11) is 0. The predicted molar refractivity (Wildman–Crippen MR) is 62.6 cm³/mol. The van der Waals surface area contributed by atoms with Gasteiger partial charge in [-0.3, -0.25) is 9.48 Å². The molecule has 1 heterocycles. The Labute approximate surface area is 96.3 Å². The van der Waals surface area contributed by atoms with Gasteiger partial charge in [0, 0.05) is 17.8 Å². The Morgan fingerprint density at radius 3 is 2.44 bits per heavy atom. The molecule has 0 spiro atoms. The van der Waals surface area contributed by atoms with Crippen LogP contribution in [0.4, 0.5) is 0 Å². The van der Waals surface area contributed by atoms with Gasteiger partial charge in [-0.1, -0.05) is 20.8 Å². The first-order valence-corrected chi connectivity index (χ1v) is 5.93. The normalized spacial score (nSPS) is 10.7. The summed E-state index contributed by atoms with van der Waals surface area (Å²) in [6.45, 7) is 7.04. The molecular weight excluding hydrogens is 204 g/mol. The van der Waals surface area contributed by atoms with E-state index in [0.29, 0.717) is 0 Å². The van der Waals surface area contributed by atoms with E-state index in [-0.39, 0.29) is 6.42 Å². The maximum atomic E-state index is 10.8. The largest absolute Gasteiger partial charge is 0.481 e. The highest BCUT2D eigenvalue weighted by Crippen LogP contribution is 2.17. The Morgan fingerprint density at radius 1 is 1.31 bits per heavy atom. The molecule has 0 amide bonds. The van der Waals surface area contributed by atoms with Crippen molar-refractivity contribution < 1.29 is 9.90 Å². The molecule has 0 unspecified atom stereocenters. The highest BCUT2D eigenvalue weighted by Gasteiger charge is 2.17. The molecular formula is C12H20N2O2. The van der Waals surface area contributed by atoms with Crippen LogP contribution in [0.5, 0.6) is 0 Å². The van der Waals surface area contributed by atoms with Crippen molar-refractivity contribution in [2.24, 2.45) is 0 Å². The molecule has 4 heteroatoms. The van der Waals surface area contributed by atoms with Crippen LogP contribution in [0.3, 0.4) is 0 Å². The quantitative estimate of drug-likeness (QED) is 0.804. The first-order chi connectivity index (χ1) is 7.63. The molecule has 0 aliphatic rings. The van der Waals surface area contributed by atoms with Gasteiger partial charge in [-0.15, -0.1) is 0 Å². The van der Waals surface area contributed by atoms with Crippen LogP contribution < -0.4 is 0 Å². The van der Waals surface area contributed by atoms with E-state index in [1.54, 1.807) is 0 Å². The Balaban J connectivity index is 3.14. The second kappa shape index (κ2) is 5.68.